The number of carbonyl (C=O) groups is 6. The Morgan fingerprint density at radius 1 is 0.690 bits per heavy atom. The summed E-state index contributed by atoms with van der Waals surface area (Å²) in [6, 6.07) is 10.3. The van der Waals surface area contributed by atoms with Gasteiger partial charge in [-0.05, 0) is 85.8 Å². The number of aromatic hydroxyl groups is 1. The molecule has 0 atom stereocenters. The van der Waals surface area contributed by atoms with Gasteiger partial charge in [0.25, 0.3) is 11.8 Å². The van der Waals surface area contributed by atoms with Gasteiger partial charge in [0, 0.05) is 52.6 Å². The number of nitrogens with one attached hydrogen (secondary N) is 2. The molecule has 2 aromatic carbocycles. The second-order valence-electron chi connectivity index (χ2n) is 14.1. The van der Waals surface area contributed by atoms with E-state index in [0.29, 0.717) is 60.1 Å². The van der Waals surface area contributed by atoms with Crippen LogP contribution in [0.1, 0.15) is 117 Å². The van der Waals surface area contributed by atoms with Crippen molar-refractivity contribution in [2.24, 2.45) is 11.8 Å². The lowest BCUT2D eigenvalue weighted by atomic mass is 10.1. The maximum absolute atomic E-state index is 11.9. The van der Waals surface area contributed by atoms with E-state index >= 15 is 0 Å². The summed E-state index contributed by atoms with van der Waals surface area (Å²) in [4.78, 5) is 70.9. The van der Waals surface area contributed by atoms with Crippen molar-refractivity contribution in [3.05, 3.63) is 71.8 Å². The number of nitrogens with zero attached hydrogens (tertiary/aromatic N) is 1. The molecular weight excluding hydrogens is 746 g/mol. The van der Waals surface area contributed by atoms with Crippen LogP contribution in [0.4, 0.5) is 0 Å². The van der Waals surface area contributed by atoms with Crippen LogP contribution in [-0.4, -0.2) is 60.0 Å². The summed E-state index contributed by atoms with van der Waals surface area (Å²) in [5, 5.41) is 15.8. The molecule has 1 aliphatic rings. The first kappa shape index (κ1) is 50.4. The van der Waals surface area contributed by atoms with Crippen molar-refractivity contribution in [3.8, 4) is 23.0 Å². The number of amides is 4. The van der Waals surface area contributed by atoms with Crippen LogP contribution in [0, 0.1) is 11.8 Å². The van der Waals surface area contributed by atoms with Gasteiger partial charge in [-0.25, -0.2) is 4.79 Å². The molecule has 0 aromatic heterocycles. The van der Waals surface area contributed by atoms with Crippen molar-refractivity contribution in [2.45, 2.75) is 119 Å². The van der Waals surface area contributed by atoms with Gasteiger partial charge in [-0.2, -0.15) is 0 Å². The van der Waals surface area contributed by atoms with Crippen LogP contribution >= 0.6 is 0 Å². The van der Waals surface area contributed by atoms with E-state index in [1.54, 1.807) is 36.4 Å². The molecule has 58 heavy (non-hydrogen) atoms. The van der Waals surface area contributed by atoms with Crippen molar-refractivity contribution >= 4 is 35.6 Å². The Labute approximate surface area is 343 Å². The fraction of sp³-hybridized carbons (Fsp3) is 0.500. The maximum Gasteiger partial charge on any atom is 0.330 e. The molecule has 14 nitrogen and oxygen atoms in total. The van der Waals surface area contributed by atoms with Crippen LogP contribution in [0.25, 0.3) is 0 Å². The van der Waals surface area contributed by atoms with Crippen LogP contribution < -0.4 is 24.8 Å². The molecule has 1 fully saturated rings. The first-order valence-electron chi connectivity index (χ1n) is 19.7. The van der Waals surface area contributed by atoms with Crippen molar-refractivity contribution in [3.63, 3.8) is 0 Å². The molecule has 3 N–H and O–H groups in total. The molecule has 0 saturated carbocycles. The number of hydroxylamine groups is 2. The van der Waals surface area contributed by atoms with Crippen LogP contribution in [0.5, 0.6) is 23.0 Å². The number of carbonyl (C=O) groups excluding carboxylic acids is 6. The molecule has 320 valence electrons. The minimum Gasteiger partial charge on any atom is -0.504 e. The molecule has 0 spiro atoms. The second-order valence-corrected chi connectivity index (χ2v) is 14.1. The molecule has 3 rings (SSSR count). The summed E-state index contributed by atoms with van der Waals surface area (Å²) in [5.41, 5.74) is 1.80. The highest BCUT2D eigenvalue weighted by Crippen LogP contribution is 2.28. The number of esters is 1. The van der Waals surface area contributed by atoms with Crippen LogP contribution in [-0.2, 0) is 46.7 Å². The minimum absolute atomic E-state index is 0.0378. The topological polar surface area (TPSA) is 187 Å². The highest BCUT2D eigenvalue weighted by atomic mass is 16.7. The minimum atomic E-state index is -0.659. The molecule has 4 amide bonds. The summed E-state index contributed by atoms with van der Waals surface area (Å²) in [5.74, 6) is 0.662. The fourth-order valence-corrected chi connectivity index (χ4v) is 5.09. The van der Waals surface area contributed by atoms with Crippen molar-refractivity contribution < 1.29 is 52.9 Å². The summed E-state index contributed by atoms with van der Waals surface area (Å²) < 4.78 is 15.3. The SMILES string of the molecule is CC(=O)ON1C(=O)CCC1=O.COc1cc(CNC(=O)CCCC/C=C/C(C)C)ccc1O.COc1cc(CNC(=O)CCCC/C=C/C(C)C)ccc1OC(C)=O. The molecular formula is C44H63N3O11. The van der Waals surface area contributed by atoms with E-state index in [2.05, 4.69) is 67.5 Å². The van der Waals surface area contributed by atoms with Crippen molar-refractivity contribution in [1.29, 1.82) is 0 Å². The molecule has 0 radical (unpaired) electrons. The zero-order valence-electron chi connectivity index (χ0n) is 35.4. The Morgan fingerprint density at radius 3 is 1.59 bits per heavy atom. The van der Waals surface area contributed by atoms with Gasteiger partial charge in [0.15, 0.2) is 23.0 Å². The number of unbranched alkanes of at least 4 members (excludes halogenated alkanes) is 4. The first-order valence-corrected chi connectivity index (χ1v) is 19.7. The average molecular weight is 810 g/mol. The maximum atomic E-state index is 11.9. The van der Waals surface area contributed by atoms with Crippen LogP contribution in [0.2, 0.25) is 0 Å². The zero-order chi connectivity index (χ0) is 43.5. The van der Waals surface area contributed by atoms with E-state index in [9.17, 15) is 33.9 Å². The standard InChI is InChI=1S/C20H29NO4.C18H27NO3.C6H7NO4/c1-15(2)9-7-5-6-8-10-20(23)21-14-17-11-12-18(25-16(3)22)19(13-17)24-4;1-14(2)8-6-4-5-7-9-18(21)19-13-15-10-11-16(20)17(12-15)22-3;1-4(8)11-7-5(9)2-3-6(7)10/h7,9,11-13,15H,5-6,8,10,14H2,1-4H3,(H,21,23);6,8,10-12,14,20H,4-5,7,9,13H2,1-3H3,(H,19,21);2-3H2,1H3/b9-7+;8-6+;. The molecule has 14 heteroatoms. The molecule has 1 saturated heterocycles. The van der Waals surface area contributed by atoms with E-state index < -0.39 is 23.8 Å². The Balaban J connectivity index is 0.000000465. The largest absolute Gasteiger partial charge is 0.504 e. The summed E-state index contributed by atoms with van der Waals surface area (Å²) >= 11 is 0. The van der Waals surface area contributed by atoms with Crippen LogP contribution in [0.15, 0.2) is 60.7 Å². The Hall–Kier alpha value is -5.66. The highest BCUT2D eigenvalue weighted by molar-refractivity contribution is 6.01. The van der Waals surface area contributed by atoms with Gasteiger partial charge in [0.05, 0.1) is 14.2 Å². The molecule has 1 heterocycles. The number of rotatable bonds is 20. The third-order valence-corrected chi connectivity index (χ3v) is 8.02. The number of hydrogen-bond donors (Lipinski definition) is 3. The van der Waals surface area contributed by atoms with Crippen molar-refractivity contribution in [2.75, 3.05) is 14.2 Å². The quantitative estimate of drug-likeness (QED) is 0.0397. The predicted molar refractivity (Wildman–Crippen MR) is 220 cm³/mol. The zero-order valence-corrected chi connectivity index (χ0v) is 35.4. The number of ether oxygens (including phenoxy) is 3. The average Bonchev–Trinajstić information content (AvgIpc) is 3.48. The molecule has 0 unspecified atom stereocenters. The summed E-state index contributed by atoms with van der Waals surface area (Å²) in [6.07, 6.45) is 15.9. The van der Waals surface area contributed by atoms with Gasteiger partial charge in [0.2, 0.25) is 11.8 Å². The number of phenolic OH excluding ortho intramolecular Hbond substituents is 1. The first-order chi connectivity index (χ1) is 27.6. The predicted octanol–water partition coefficient (Wildman–Crippen LogP) is 7.41. The van der Waals surface area contributed by atoms with Gasteiger partial charge in [0.1, 0.15) is 0 Å². The van der Waals surface area contributed by atoms with Crippen LogP contribution in [0.3, 0.4) is 0 Å². The monoisotopic (exact) mass is 809 g/mol. The molecule has 2 aromatic rings. The lowest BCUT2D eigenvalue weighted by Gasteiger charge is -2.10. The van der Waals surface area contributed by atoms with Crippen molar-refractivity contribution in [1.82, 2.24) is 15.7 Å². The summed E-state index contributed by atoms with van der Waals surface area (Å²) in [7, 11) is 3.02. The number of hydrogen-bond acceptors (Lipinski definition) is 11. The summed E-state index contributed by atoms with van der Waals surface area (Å²) in [6.45, 7) is 12.0. The van der Waals surface area contributed by atoms with E-state index in [0.717, 1.165) is 56.6 Å². The van der Waals surface area contributed by atoms with Gasteiger partial charge < -0.3 is 34.8 Å². The van der Waals surface area contributed by atoms with E-state index in [4.69, 9.17) is 14.2 Å². The third kappa shape index (κ3) is 22.8. The van der Waals surface area contributed by atoms with Gasteiger partial charge in [-0.3, -0.25) is 24.0 Å². The number of methoxy groups -OCH3 is 2. The van der Waals surface area contributed by atoms with Gasteiger partial charge in [-0.15, -0.1) is 5.06 Å². The van der Waals surface area contributed by atoms with Gasteiger partial charge >= 0.3 is 11.9 Å². The smallest absolute Gasteiger partial charge is 0.330 e. The Morgan fingerprint density at radius 2 is 1.16 bits per heavy atom. The normalized spacial score (nSPS) is 12.2. The molecule has 0 aliphatic carbocycles. The number of imide groups is 1. The number of allylic oxidation sites excluding steroid dienone is 4. The van der Waals surface area contributed by atoms with E-state index in [-0.39, 0.29) is 30.4 Å². The number of benzene rings is 2. The second kappa shape index (κ2) is 28.7. The Bertz CT molecular complexity index is 1670. The third-order valence-electron chi connectivity index (χ3n) is 8.02. The number of phenols is 1. The van der Waals surface area contributed by atoms with E-state index in [1.165, 1.54) is 21.1 Å². The highest BCUT2D eigenvalue weighted by Gasteiger charge is 2.31. The lowest BCUT2D eigenvalue weighted by molar-refractivity contribution is -0.195. The van der Waals surface area contributed by atoms with Gasteiger partial charge in [-0.1, -0.05) is 64.1 Å². The molecule has 1 aliphatic heterocycles. The Kier molecular flexibility index (Phi) is 24.9. The lowest BCUT2D eigenvalue weighted by Crippen LogP contribution is -2.30. The fourth-order valence-electron chi connectivity index (χ4n) is 5.09. The molecule has 0 bridgehead atoms. The van der Waals surface area contributed by atoms with E-state index in [1.807, 2.05) is 0 Å².